The van der Waals surface area contributed by atoms with Crippen LogP contribution in [0.2, 0.25) is 0 Å². The molecule has 1 rings (SSSR count). The molecule has 0 spiro atoms. The molecular formula is C9H16OS2. The Morgan fingerprint density at radius 3 is 2.25 bits per heavy atom. The normalized spacial score (nSPS) is 19.6. The van der Waals surface area contributed by atoms with E-state index in [1.807, 2.05) is 23.5 Å². The average Bonchev–Trinajstić information content (AvgIpc) is 2.32. The highest BCUT2D eigenvalue weighted by Gasteiger charge is 2.23. The highest BCUT2D eigenvalue weighted by atomic mass is 32.2. The molecule has 1 fully saturated rings. The molecule has 0 saturated carbocycles. The lowest BCUT2D eigenvalue weighted by atomic mass is 10.2. The van der Waals surface area contributed by atoms with Gasteiger partial charge in [0.2, 0.25) is 0 Å². The number of thioether (sulfide) groups is 2. The van der Waals surface area contributed by atoms with Crippen LogP contribution in [0.25, 0.3) is 0 Å². The first-order valence-corrected chi connectivity index (χ1v) is 6.20. The van der Waals surface area contributed by atoms with E-state index >= 15 is 0 Å². The lowest BCUT2D eigenvalue weighted by molar-refractivity contribution is 0.0539. The Bertz CT molecular complexity index is 166. The molecule has 0 radical (unpaired) electrons. The maximum atomic E-state index is 5.69. The second-order valence-corrected chi connectivity index (χ2v) is 6.48. The lowest BCUT2D eigenvalue weighted by Crippen LogP contribution is -2.20. The van der Waals surface area contributed by atoms with Gasteiger partial charge in [0, 0.05) is 11.5 Å². The van der Waals surface area contributed by atoms with E-state index < -0.39 is 0 Å². The highest BCUT2D eigenvalue weighted by molar-refractivity contribution is 8.20. The van der Waals surface area contributed by atoms with Crippen LogP contribution < -0.4 is 0 Å². The molecule has 0 atom stereocenters. The van der Waals surface area contributed by atoms with Gasteiger partial charge < -0.3 is 4.74 Å². The van der Waals surface area contributed by atoms with Crippen molar-refractivity contribution in [1.82, 2.24) is 0 Å². The maximum absolute atomic E-state index is 5.69. The Labute approximate surface area is 83.3 Å². The number of hydrogen-bond acceptors (Lipinski definition) is 3. The second-order valence-electron chi connectivity index (χ2n) is 3.75. The quantitative estimate of drug-likeness (QED) is 0.640. The van der Waals surface area contributed by atoms with Gasteiger partial charge >= 0.3 is 0 Å². The minimum absolute atomic E-state index is 0.0964. The fraction of sp³-hybridized carbons (Fsp3) is 0.778. The van der Waals surface area contributed by atoms with Gasteiger partial charge in [0.15, 0.2) is 0 Å². The van der Waals surface area contributed by atoms with Gasteiger partial charge in [-0.3, -0.25) is 0 Å². The van der Waals surface area contributed by atoms with Gasteiger partial charge in [-0.2, -0.15) is 0 Å². The third kappa shape index (κ3) is 3.31. The summed E-state index contributed by atoms with van der Waals surface area (Å²) in [6.07, 6.45) is 0. The summed E-state index contributed by atoms with van der Waals surface area (Å²) in [5.41, 5.74) is -0.0964. The molecule has 1 saturated heterocycles. The van der Waals surface area contributed by atoms with Gasteiger partial charge in [-0.1, -0.05) is 6.58 Å². The van der Waals surface area contributed by atoms with Crippen molar-refractivity contribution < 1.29 is 4.74 Å². The van der Waals surface area contributed by atoms with Gasteiger partial charge in [-0.15, -0.1) is 23.5 Å². The first kappa shape index (κ1) is 10.3. The Morgan fingerprint density at radius 1 is 1.33 bits per heavy atom. The van der Waals surface area contributed by atoms with Gasteiger partial charge in [-0.05, 0) is 20.8 Å². The van der Waals surface area contributed by atoms with E-state index in [0.717, 1.165) is 5.76 Å². The van der Waals surface area contributed by atoms with E-state index in [-0.39, 0.29) is 5.60 Å². The van der Waals surface area contributed by atoms with E-state index in [0.29, 0.717) is 4.58 Å². The molecular weight excluding hydrogens is 188 g/mol. The molecule has 0 unspecified atom stereocenters. The minimum Gasteiger partial charge on any atom is -0.491 e. The second kappa shape index (κ2) is 3.97. The van der Waals surface area contributed by atoms with Crippen LogP contribution in [-0.2, 0) is 4.74 Å². The summed E-state index contributed by atoms with van der Waals surface area (Å²) < 4.78 is 6.15. The number of rotatable bonds is 2. The number of hydrogen-bond donors (Lipinski definition) is 0. The SMILES string of the molecule is C=C(OC(C)(C)C)C1SCCS1. The van der Waals surface area contributed by atoms with E-state index in [2.05, 4.69) is 27.4 Å². The van der Waals surface area contributed by atoms with Crippen molar-refractivity contribution in [2.75, 3.05) is 11.5 Å². The largest absolute Gasteiger partial charge is 0.491 e. The molecule has 0 N–H and O–H groups in total. The van der Waals surface area contributed by atoms with Crippen LogP contribution in [0.1, 0.15) is 20.8 Å². The summed E-state index contributed by atoms with van der Waals surface area (Å²) in [5.74, 6) is 3.37. The third-order valence-corrected chi connectivity index (χ3v) is 4.41. The first-order valence-electron chi connectivity index (χ1n) is 4.10. The minimum atomic E-state index is -0.0964. The molecule has 0 amide bonds. The van der Waals surface area contributed by atoms with Crippen molar-refractivity contribution in [2.24, 2.45) is 0 Å². The van der Waals surface area contributed by atoms with Crippen LogP contribution in [-0.4, -0.2) is 21.7 Å². The van der Waals surface area contributed by atoms with E-state index in [1.54, 1.807) is 0 Å². The molecule has 1 aliphatic heterocycles. The number of ether oxygens (including phenoxy) is 1. The van der Waals surface area contributed by atoms with E-state index in [4.69, 9.17) is 4.74 Å². The average molecular weight is 204 g/mol. The van der Waals surface area contributed by atoms with E-state index in [1.165, 1.54) is 11.5 Å². The standard InChI is InChI=1S/C9H16OS2/c1-7(10-9(2,3)4)8-11-5-6-12-8/h8H,1,5-6H2,2-4H3. The monoisotopic (exact) mass is 204 g/mol. The fourth-order valence-corrected chi connectivity index (χ4v) is 3.61. The maximum Gasteiger partial charge on any atom is 0.113 e. The molecule has 0 aliphatic carbocycles. The highest BCUT2D eigenvalue weighted by Crippen LogP contribution is 2.37. The van der Waals surface area contributed by atoms with Gasteiger partial charge in [-0.25, -0.2) is 0 Å². The van der Waals surface area contributed by atoms with Crippen molar-refractivity contribution in [2.45, 2.75) is 31.0 Å². The Balaban J connectivity index is 2.37. The zero-order valence-electron chi connectivity index (χ0n) is 7.92. The third-order valence-electron chi connectivity index (χ3n) is 1.32. The van der Waals surface area contributed by atoms with Gasteiger partial charge in [0.1, 0.15) is 15.9 Å². The van der Waals surface area contributed by atoms with Crippen molar-refractivity contribution in [3.05, 3.63) is 12.3 Å². The molecule has 0 aromatic heterocycles. The van der Waals surface area contributed by atoms with Crippen molar-refractivity contribution in [3.8, 4) is 0 Å². The molecule has 0 aromatic carbocycles. The molecule has 1 nitrogen and oxygen atoms in total. The van der Waals surface area contributed by atoms with Crippen molar-refractivity contribution in [3.63, 3.8) is 0 Å². The van der Waals surface area contributed by atoms with Crippen LogP contribution in [0.15, 0.2) is 12.3 Å². The van der Waals surface area contributed by atoms with Crippen LogP contribution >= 0.6 is 23.5 Å². The van der Waals surface area contributed by atoms with Crippen LogP contribution in [0.3, 0.4) is 0 Å². The fourth-order valence-electron chi connectivity index (χ4n) is 0.986. The molecule has 1 aliphatic rings. The Hall–Kier alpha value is 0.240. The summed E-state index contributed by atoms with van der Waals surface area (Å²) in [7, 11) is 0. The molecule has 3 heteroatoms. The lowest BCUT2D eigenvalue weighted by Gasteiger charge is -2.25. The Morgan fingerprint density at radius 2 is 1.83 bits per heavy atom. The molecule has 0 aromatic rings. The summed E-state index contributed by atoms with van der Waals surface area (Å²) in [6, 6.07) is 0. The summed E-state index contributed by atoms with van der Waals surface area (Å²) in [4.78, 5) is 0. The van der Waals surface area contributed by atoms with Gasteiger partial charge in [0.05, 0.1) is 0 Å². The smallest absolute Gasteiger partial charge is 0.113 e. The topological polar surface area (TPSA) is 9.23 Å². The predicted molar refractivity (Wildman–Crippen MR) is 58.7 cm³/mol. The zero-order chi connectivity index (χ0) is 9.19. The Kier molecular flexibility index (Phi) is 3.41. The van der Waals surface area contributed by atoms with Crippen LogP contribution in [0.5, 0.6) is 0 Å². The summed E-state index contributed by atoms with van der Waals surface area (Å²) >= 11 is 3.86. The predicted octanol–water partition coefficient (Wildman–Crippen LogP) is 3.12. The van der Waals surface area contributed by atoms with Crippen molar-refractivity contribution >= 4 is 23.5 Å². The summed E-state index contributed by atoms with van der Waals surface area (Å²) in [6.45, 7) is 10.1. The molecule has 1 heterocycles. The molecule has 0 bridgehead atoms. The zero-order valence-corrected chi connectivity index (χ0v) is 9.56. The molecule has 12 heavy (non-hydrogen) atoms. The summed E-state index contributed by atoms with van der Waals surface area (Å²) in [5, 5.41) is 0. The van der Waals surface area contributed by atoms with Crippen molar-refractivity contribution in [1.29, 1.82) is 0 Å². The van der Waals surface area contributed by atoms with Crippen LogP contribution in [0, 0.1) is 0 Å². The molecule has 70 valence electrons. The van der Waals surface area contributed by atoms with Gasteiger partial charge in [0.25, 0.3) is 0 Å². The van der Waals surface area contributed by atoms with E-state index in [9.17, 15) is 0 Å². The first-order chi connectivity index (χ1) is 5.49. The van der Waals surface area contributed by atoms with Crippen LogP contribution in [0.4, 0.5) is 0 Å².